The van der Waals surface area contributed by atoms with E-state index in [9.17, 15) is 22.5 Å². The van der Waals surface area contributed by atoms with E-state index in [1.165, 1.54) is 6.92 Å². The molecule has 1 aliphatic rings. The molecule has 0 bridgehead atoms. The van der Waals surface area contributed by atoms with Crippen LogP contribution in [-0.2, 0) is 14.3 Å². The molecule has 0 unspecified atom stereocenters. The summed E-state index contributed by atoms with van der Waals surface area (Å²) in [5.74, 6) is -4.17. The average molecular weight is 349 g/mol. The van der Waals surface area contributed by atoms with E-state index in [0.717, 1.165) is 4.90 Å². The van der Waals surface area contributed by atoms with Crippen molar-refractivity contribution < 1.29 is 83.4 Å². The third-order valence-corrected chi connectivity index (χ3v) is 3.09. The monoisotopic (exact) mass is 349 g/mol. The summed E-state index contributed by atoms with van der Waals surface area (Å²) in [5.41, 5.74) is -0.808. The van der Waals surface area contributed by atoms with Crippen LogP contribution in [0.1, 0.15) is 27.7 Å². The molecule has 1 rings (SSSR count). The molecule has 0 aromatic rings. The van der Waals surface area contributed by atoms with E-state index < -0.39 is 42.9 Å². The second-order valence-corrected chi connectivity index (χ2v) is 6.03. The Balaban J connectivity index is 0.00000441. The fourth-order valence-electron chi connectivity index (χ4n) is 2.19. The molecule has 0 radical (unpaired) electrons. The molecule has 10 heteroatoms. The summed E-state index contributed by atoms with van der Waals surface area (Å²) in [6.45, 7) is 0.228. The largest absolute Gasteiger partial charge is 1.00 e. The summed E-state index contributed by atoms with van der Waals surface area (Å²) in [6.07, 6.45) is -0.848. The molecule has 2 atom stereocenters. The van der Waals surface area contributed by atoms with Gasteiger partial charge in [-0.15, -0.1) is 0 Å². The number of carbonyl (C=O) groups is 2. The average Bonchev–Trinajstić information content (AvgIpc) is 2.71. The van der Waals surface area contributed by atoms with E-state index in [1.54, 1.807) is 20.8 Å². The quantitative estimate of drug-likeness (QED) is 0.516. The summed E-state index contributed by atoms with van der Waals surface area (Å²) in [4.78, 5) is 24.4. The molecule has 1 heterocycles. The standard InChI is InChI=1S/C12H20BF3NO4.K/c1-5-20-10(18)8-6-17(7-9(8)13(14,15)16)11(19)21-12(2,3)4;/h8-9H,5-7H2,1-4H3;/q-1;+1/t8-,9-;/m0./s1. The van der Waals surface area contributed by atoms with Gasteiger partial charge in [0.15, 0.2) is 0 Å². The number of halogens is 3. The van der Waals surface area contributed by atoms with Crippen molar-refractivity contribution in [3.8, 4) is 0 Å². The molecule has 1 amide bonds. The Kier molecular flexibility index (Phi) is 8.45. The molecule has 0 aliphatic carbocycles. The molecule has 0 saturated carbocycles. The van der Waals surface area contributed by atoms with Gasteiger partial charge in [-0.25, -0.2) is 4.79 Å². The van der Waals surface area contributed by atoms with E-state index >= 15 is 0 Å². The van der Waals surface area contributed by atoms with Gasteiger partial charge in [0.05, 0.1) is 12.5 Å². The summed E-state index contributed by atoms with van der Waals surface area (Å²) >= 11 is 0. The fraction of sp³-hybridized carbons (Fsp3) is 0.833. The molecule has 1 saturated heterocycles. The first kappa shape index (κ1) is 22.2. The van der Waals surface area contributed by atoms with Gasteiger partial charge in [-0.2, -0.15) is 0 Å². The molecule has 22 heavy (non-hydrogen) atoms. The van der Waals surface area contributed by atoms with Crippen molar-refractivity contribution in [3.05, 3.63) is 0 Å². The Morgan fingerprint density at radius 2 is 1.77 bits per heavy atom. The smallest absolute Gasteiger partial charge is 0.466 e. The fourth-order valence-corrected chi connectivity index (χ4v) is 2.19. The van der Waals surface area contributed by atoms with Crippen LogP contribution in [0.3, 0.4) is 0 Å². The molecule has 0 spiro atoms. The maximum Gasteiger partial charge on any atom is 1.00 e. The van der Waals surface area contributed by atoms with E-state index in [1.807, 2.05) is 0 Å². The maximum absolute atomic E-state index is 13.1. The number of likely N-dealkylation sites (tertiary alicyclic amines) is 1. The van der Waals surface area contributed by atoms with Crippen LogP contribution in [0, 0.1) is 5.92 Å². The molecular formula is C12H20BF3KNO4. The van der Waals surface area contributed by atoms with Crippen molar-refractivity contribution in [1.29, 1.82) is 0 Å². The van der Waals surface area contributed by atoms with Crippen molar-refractivity contribution in [3.63, 3.8) is 0 Å². The normalized spacial score (nSPS) is 22.0. The van der Waals surface area contributed by atoms with Crippen LogP contribution < -0.4 is 51.4 Å². The van der Waals surface area contributed by atoms with Crippen molar-refractivity contribution in [1.82, 2.24) is 4.90 Å². The van der Waals surface area contributed by atoms with Gasteiger partial charge in [0.2, 0.25) is 0 Å². The van der Waals surface area contributed by atoms with Crippen LogP contribution in [0.25, 0.3) is 0 Å². The Hall–Kier alpha value is 0.231. The van der Waals surface area contributed by atoms with Gasteiger partial charge in [-0.05, 0) is 33.5 Å². The van der Waals surface area contributed by atoms with Crippen LogP contribution in [-0.4, -0.2) is 49.2 Å². The number of nitrogens with zero attached hydrogens (tertiary/aromatic N) is 1. The maximum atomic E-state index is 13.1. The minimum absolute atomic E-state index is 0. The number of ether oxygens (including phenoxy) is 2. The molecule has 0 aromatic carbocycles. The number of hydrogen-bond acceptors (Lipinski definition) is 4. The summed E-state index contributed by atoms with van der Waals surface area (Å²) in [7, 11) is 0. The molecule has 1 fully saturated rings. The predicted octanol–water partition coefficient (Wildman–Crippen LogP) is -0.362. The Morgan fingerprint density at radius 3 is 2.18 bits per heavy atom. The van der Waals surface area contributed by atoms with Crippen LogP contribution in [0.2, 0.25) is 5.82 Å². The van der Waals surface area contributed by atoms with Gasteiger partial charge in [-0.1, -0.05) is 0 Å². The Bertz CT molecular complexity index is 414. The first-order valence-electron chi connectivity index (χ1n) is 6.80. The summed E-state index contributed by atoms with van der Waals surface area (Å²) in [6, 6.07) is 0. The molecule has 0 aromatic heterocycles. The van der Waals surface area contributed by atoms with Crippen LogP contribution in [0.5, 0.6) is 0 Å². The Morgan fingerprint density at radius 1 is 1.23 bits per heavy atom. The van der Waals surface area contributed by atoms with Gasteiger partial charge >= 0.3 is 70.4 Å². The zero-order valence-electron chi connectivity index (χ0n) is 13.6. The number of amides is 1. The molecule has 122 valence electrons. The number of carbonyl (C=O) groups excluding carboxylic acids is 2. The minimum Gasteiger partial charge on any atom is -0.466 e. The Labute approximate surface area is 170 Å². The second-order valence-electron chi connectivity index (χ2n) is 6.03. The number of rotatable bonds is 3. The van der Waals surface area contributed by atoms with E-state index in [-0.39, 0.29) is 64.5 Å². The van der Waals surface area contributed by atoms with E-state index in [0.29, 0.717) is 0 Å². The van der Waals surface area contributed by atoms with Crippen molar-refractivity contribution in [2.24, 2.45) is 5.92 Å². The van der Waals surface area contributed by atoms with Crippen LogP contribution in [0.4, 0.5) is 17.7 Å². The topological polar surface area (TPSA) is 55.8 Å². The van der Waals surface area contributed by atoms with Crippen molar-refractivity contribution in [2.75, 3.05) is 19.7 Å². The van der Waals surface area contributed by atoms with Crippen LogP contribution >= 0.6 is 0 Å². The van der Waals surface area contributed by atoms with Gasteiger partial charge in [0.1, 0.15) is 5.60 Å². The SMILES string of the molecule is CCOC(=O)[C@H]1CN(C(=O)OC(C)(C)C)C[C@@H]1[B-](F)(F)F.[K+]. The van der Waals surface area contributed by atoms with Gasteiger partial charge in [0.25, 0.3) is 0 Å². The minimum atomic E-state index is -5.25. The predicted molar refractivity (Wildman–Crippen MR) is 70.8 cm³/mol. The van der Waals surface area contributed by atoms with Crippen molar-refractivity contribution in [2.45, 2.75) is 39.1 Å². The van der Waals surface area contributed by atoms with Gasteiger partial charge in [-0.3, -0.25) is 4.79 Å². The third kappa shape index (κ3) is 6.39. The second kappa shape index (κ2) is 8.37. The molecular weight excluding hydrogens is 329 g/mol. The van der Waals surface area contributed by atoms with Crippen molar-refractivity contribution >= 4 is 19.0 Å². The summed E-state index contributed by atoms with van der Waals surface area (Å²) in [5, 5.41) is 0. The van der Waals surface area contributed by atoms with Gasteiger partial charge < -0.3 is 27.3 Å². The molecule has 1 aliphatic heterocycles. The van der Waals surface area contributed by atoms with Crippen LogP contribution in [0.15, 0.2) is 0 Å². The zero-order valence-corrected chi connectivity index (χ0v) is 16.7. The first-order chi connectivity index (χ1) is 9.45. The first-order valence-corrected chi connectivity index (χ1v) is 6.80. The van der Waals surface area contributed by atoms with E-state index in [2.05, 4.69) is 4.74 Å². The zero-order chi connectivity index (χ0) is 16.4. The summed E-state index contributed by atoms with van der Waals surface area (Å²) < 4.78 is 48.9. The van der Waals surface area contributed by atoms with Gasteiger partial charge in [0, 0.05) is 13.1 Å². The van der Waals surface area contributed by atoms with E-state index in [4.69, 9.17) is 4.74 Å². The number of esters is 1. The molecule has 5 nitrogen and oxygen atoms in total. The number of hydrogen-bond donors (Lipinski definition) is 0. The third-order valence-electron chi connectivity index (χ3n) is 3.09. The molecule has 0 N–H and O–H groups in total.